The van der Waals surface area contributed by atoms with Crippen molar-refractivity contribution in [2.45, 2.75) is 77.2 Å². The molecule has 0 bridgehead atoms. The molecule has 3 fully saturated rings. The van der Waals surface area contributed by atoms with Gasteiger partial charge in [0.2, 0.25) is 0 Å². The van der Waals surface area contributed by atoms with E-state index < -0.39 is 71.6 Å². The third kappa shape index (κ3) is 4.23. The molecule has 2 saturated heterocycles. The molecule has 9 heteroatoms. The van der Waals surface area contributed by atoms with Gasteiger partial charge in [0.1, 0.15) is 12.2 Å². The summed E-state index contributed by atoms with van der Waals surface area (Å²) in [6, 6.07) is 0. The van der Waals surface area contributed by atoms with Crippen LogP contribution in [0.25, 0.3) is 0 Å². The van der Waals surface area contributed by atoms with Gasteiger partial charge in [-0.15, -0.1) is 0 Å². The van der Waals surface area contributed by atoms with Crippen molar-refractivity contribution in [1.29, 1.82) is 0 Å². The second-order valence-electron chi connectivity index (χ2n) is 9.40. The quantitative estimate of drug-likeness (QED) is 0.291. The Kier molecular flexibility index (Phi) is 6.36. The molecule has 1 N–H and O–H groups in total. The minimum atomic E-state index is -2.28. The van der Waals surface area contributed by atoms with Crippen molar-refractivity contribution in [1.82, 2.24) is 0 Å². The molecule has 0 unspecified atom stereocenters. The first-order valence-corrected chi connectivity index (χ1v) is 10.7. The molecule has 0 aromatic heterocycles. The number of hydrogen-bond donors (Lipinski definition) is 1. The van der Waals surface area contributed by atoms with Gasteiger partial charge < -0.3 is 24.1 Å². The fraction of sp³-hybridized carbons (Fsp3) is 0.652. The smallest absolute Gasteiger partial charge is 0.334 e. The molecule has 3 rings (SSSR count). The summed E-state index contributed by atoms with van der Waals surface area (Å²) in [5.74, 6) is -4.67. The van der Waals surface area contributed by atoms with Gasteiger partial charge in [-0.1, -0.05) is 33.9 Å². The third-order valence-corrected chi connectivity index (χ3v) is 6.28. The van der Waals surface area contributed by atoms with Crippen LogP contribution in [0.15, 0.2) is 24.3 Å². The lowest BCUT2D eigenvalue weighted by Gasteiger charge is -2.40. The number of ketones is 1. The Morgan fingerprint density at radius 1 is 1.25 bits per heavy atom. The number of hydrogen-bond acceptors (Lipinski definition) is 9. The Bertz CT molecular complexity index is 871. The van der Waals surface area contributed by atoms with Crippen LogP contribution in [0.5, 0.6) is 0 Å². The molecule has 3 aliphatic rings. The predicted molar refractivity (Wildman–Crippen MR) is 110 cm³/mol. The number of Topliss-reactive ketones (excluding diaryl/α,β-unsaturated/α-hetero) is 1. The van der Waals surface area contributed by atoms with E-state index in [0.717, 1.165) is 0 Å². The van der Waals surface area contributed by atoms with Crippen LogP contribution in [0.3, 0.4) is 0 Å². The van der Waals surface area contributed by atoms with E-state index in [2.05, 4.69) is 13.2 Å². The van der Waals surface area contributed by atoms with E-state index in [-0.39, 0.29) is 17.1 Å². The highest BCUT2D eigenvalue weighted by molar-refractivity contribution is 5.95. The van der Waals surface area contributed by atoms with Gasteiger partial charge in [-0.2, -0.15) is 0 Å². The van der Waals surface area contributed by atoms with Crippen LogP contribution in [0.1, 0.15) is 41.0 Å². The second kappa shape index (κ2) is 8.44. The highest BCUT2D eigenvalue weighted by Crippen LogP contribution is 2.45. The maximum atomic E-state index is 13.2. The highest BCUT2D eigenvalue weighted by atomic mass is 16.6. The molecule has 176 valence electrons. The molecule has 8 atom stereocenters. The van der Waals surface area contributed by atoms with Crippen LogP contribution in [0.2, 0.25) is 0 Å². The van der Waals surface area contributed by atoms with Crippen LogP contribution in [0.4, 0.5) is 0 Å². The van der Waals surface area contributed by atoms with E-state index in [9.17, 15) is 24.3 Å². The van der Waals surface area contributed by atoms with Crippen molar-refractivity contribution in [3.63, 3.8) is 0 Å². The minimum absolute atomic E-state index is 0.00407. The van der Waals surface area contributed by atoms with Crippen molar-refractivity contribution in [2.24, 2.45) is 17.8 Å². The molecular weight excluding hydrogens is 420 g/mol. The summed E-state index contributed by atoms with van der Waals surface area (Å²) < 4.78 is 22.2. The van der Waals surface area contributed by atoms with Crippen molar-refractivity contribution in [3.8, 4) is 0 Å². The van der Waals surface area contributed by atoms with Crippen LogP contribution < -0.4 is 0 Å². The third-order valence-electron chi connectivity index (χ3n) is 6.28. The molecular formula is C23H30O9. The molecule has 2 aliphatic heterocycles. The van der Waals surface area contributed by atoms with Crippen molar-refractivity contribution in [3.05, 3.63) is 24.3 Å². The molecule has 0 aromatic rings. The zero-order chi connectivity index (χ0) is 24.1. The van der Waals surface area contributed by atoms with Gasteiger partial charge in [-0.05, 0) is 26.2 Å². The number of epoxide rings is 1. The predicted octanol–water partition coefficient (Wildman–Crippen LogP) is 1.27. The zero-order valence-electron chi connectivity index (χ0n) is 19.0. The summed E-state index contributed by atoms with van der Waals surface area (Å²) in [5, 5.41) is 11.4. The number of fused-ring (bicyclic) bond motifs is 2. The molecule has 0 amide bonds. The lowest BCUT2D eigenvalue weighted by atomic mass is 9.75. The number of carbonyl (C=O) groups is 4. The number of esters is 3. The summed E-state index contributed by atoms with van der Waals surface area (Å²) in [6.45, 7) is 15.0. The van der Waals surface area contributed by atoms with Gasteiger partial charge >= 0.3 is 17.9 Å². The lowest BCUT2D eigenvalue weighted by Crippen LogP contribution is -2.60. The van der Waals surface area contributed by atoms with E-state index in [4.69, 9.17) is 18.9 Å². The second-order valence-corrected chi connectivity index (χ2v) is 9.40. The molecule has 0 spiro atoms. The average molecular weight is 450 g/mol. The highest BCUT2D eigenvalue weighted by Gasteiger charge is 2.63. The van der Waals surface area contributed by atoms with E-state index >= 15 is 0 Å². The van der Waals surface area contributed by atoms with Gasteiger partial charge in [0.15, 0.2) is 23.6 Å². The summed E-state index contributed by atoms with van der Waals surface area (Å²) in [5.41, 5.74) is -2.23. The summed E-state index contributed by atoms with van der Waals surface area (Å²) in [4.78, 5) is 50.7. The van der Waals surface area contributed by atoms with Gasteiger partial charge in [0.05, 0.1) is 17.9 Å². The molecule has 9 nitrogen and oxygen atoms in total. The lowest BCUT2D eigenvalue weighted by molar-refractivity contribution is -0.199. The Labute approximate surface area is 186 Å². The summed E-state index contributed by atoms with van der Waals surface area (Å²) in [6.07, 6.45) is -4.91. The molecule has 32 heavy (non-hydrogen) atoms. The van der Waals surface area contributed by atoms with Crippen LogP contribution in [-0.2, 0) is 38.1 Å². The van der Waals surface area contributed by atoms with Gasteiger partial charge in [-0.25, -0.2) is 9.59 Å². The van der Waals surface area contributed by atoms with Gasteiger partial charge in [0, 0.05) is 11.1 Å². The molecule has 0 radical (unpaired) electrons. The van der Waals surface area contributed by atoms with E-state index in [0.29, 0.717) is 6.42 Å². The van der Waals surface area contributed by atoms with Gasteiger partial charge in [0.25, 0.3) is 0 Å². The summed E-state index contributed by atoms with van der Waals surface area (Å²) in [7, 11) is 0. The monoisotopic (exact) mass is 450 g/mol. The first-order chi connectivity index (χ1) is 14.8. The fourth-order valence-electron chi connectivity index (χ4n) is 4.26. The Morgan fingerprint density at radius 2 is 1.88 bits per heavy atom. The van der Waals surface area contributed by atoms with E-state index in [1.165, 1.54) is 13.8 Å². The fourth-order valence-corrected chi connectivity index (χ4v) is 4.26. The number of aliphatic hydroxyl groups is 1. The number of rotatable bonds is 4. The van der Waals surface area contributed by atoms with Crippen molar-refractivity contribution >= 4 is 23.7 Å². The van der Waals surface area contributed by atoms with Crippen LogP contribution in [0, 0.1) is 17.8 Å². The maximum Gasteiger partial charge on any atom is 0.334 e. The topological polar surface area (TPSA) is 129 Å². The standard InChI is InChI=1S/C23H30O9/c1-9(2)20(25)31-16-14-12(6)22(27)29-13(14)8-11(5)15-17(30-15)18(24)23(7,28)19(16)32-21(26)10(3)4/h10-11,13-17,19,28H,1,6,8H2,2-5,7H3/t11-,13-,14-,15+,16+,17+,19-,23+/m1/s1. The number of ether oxygens (including phenoxy) is 4. The average Bonchev–Trinajstić information content (AvgIpc) is 3.45. The Balaban J connectivity index is 2.15. The largest absolute Gasteiger partial charge is 0.458 e. The molecule has 2 heterocycles. The minimum Gasteiger partial charge on any atom is -0.458 e. The number of carbonyl (C=O) groups excluding carboxylic acids is 4. The molecule has 1 aliphatic carbocycles. The van der Waals surface area contributed by atoms with Crippen LogP contribution in [-0.4, -0.2) is 64.9 Å². The molecule has 0 aromatic carbocycles. The van der Waals surface area contributed by atoms with Crippen LogP contribution >= 0.6 is 0 Å². The first kappa shape index (κ1) is 24.1. The van der Waals surface area contributed by atoms with E-state index in [1.54, 1.807) is 13.8 Å². The first-order valence-electron chi connectivity index (χ1n) is 10.7. The van der Waals surface area contributed by atoms with E-state index in [1.807, 2.05) is 6.92 Å². The van der Waals surface area contributed by atoms with Crippen molar-refractivity contribution < 1.29 is 43.2 Å². The molecule has 1 saturated carbocycles. The summed E-state index contributed by atoms with van der Waals surface area (Å²) >= 11 is 0. The Morgan fingerprint density at radius 3 is 2.44 bits per heavy atom. The normalized spacial score (nSPS) is 39.0. The SMILES string of the molecule is C=C(C)C(=O)O[C@H]1[C@@H]2C(=C)C(=O)O[C@@H]2C[C@@H](C)[C@@H]2O[C@@H]2C(=O)[C@](C)(O)[C@@H]1OC(=O)C(C)C. The van der Waals surface area contributed by atoms with Gasteiger partial charge in [-0.3, -0.25) is 9.59 Å². The maximum absolute atomic E-state index is 13.2. The zero-order valence-corrected chi connectivity index (χ0v) is 19.0. The van der Waals surface area contributed by atoms with Crippen molar-refractivity contribution in [2.75, 3.05) is 0 Å². The Hall–Kier alpha value is -2.52.